The van der Waals surface area contributed by atoms with Gasteiger partial charge in [0.15, 0.2) is 0 Å². The molecule has 19 heavy (non-hydrogen) atoms. The summed E-state index contributed by atoms with van der Waals surface area (Å²) >= 11 is 0. The van der Waals surface area contributed by atoms with Crippen molar-refractivity contribution in [2.24, 2.45) is 28.8 Å². The predicted molar refractivity (Wildman–Crippen MR) is 73.8 cm³/mol. The van der Waals surface area contributed by atoms with Crippen molar-refractivity contribution in [1.82, 2.24) is 5.43 Å². The lowest BCUT2D eigenvalue weighted by Gasteiger charge is -2.50. The van der Waals surface area contributed by atoms with Gasteiger partial charge in [-0.25, -0.2) is 10.2 Å². The first-order valence-corrected chi connectivity index (χ1v) is 7.47. The molecule has 4 fully saturated rings. The fraction of sp³-hybridized carbons (Fsp3) is 0.867. The Labute approximate surface area is 115 Å². The zero-order valence-electron chi connectivity index (χ0n) is 12.1. The van der Waals surface area contributed by atoms with Gasteiger partial charge < -0.3 is 4.74 Å². The van der Waals surface area contributed by atoms with Crippen LogP contribution in [0, 0.1) is 23.7 Å². The maximum absolute atomic E-state index is 11.7. The van der Waals surface area contributed by atoms with E-state index in [0.29, 0.717) is 11.8 Å². The van der Waals surface area contributed by atoms with Gasteiger partial charge in [-0.2, -0.15) is 5.10 Å². The largest absolute Gasteiger partial charge is 0.443 e. The second kappa shape index (κ2) is 4.50. The van der Waals surface area contributed by atoms with Crippen LogP contribution in [0.15, 0.2) is 5.10 Å². The fourth-order valence-electron chi connectivity index (χ4n) is 4.26. The summed E-state index contributed by atoms with van der Waals surface area (Å²) in [6.07, 6.45) is 6.11. The van der Waals surface area contributed by atoms with E-state index in [2.05, 4.69) is 10.5 Å². The van der Waals surface area contributed by atoms with Gasteiger partial charge in [0.25, 0.3) is 0 Å². The molecule has 4 nitrogen and oxygen atoms in total. The molecule has 4 heteroatoms. The first kappa shape index (κ1) is 12.9. The number of carbonyl (C=O) groups is 1. The number of ether oxygens (including phenoxy) is 1. The second-order valence-corrected chi connectivity index (χ2v) is 7.45. The minimum absolute atomic E-state index is 0.436. The quantitative estimate of drug-likeness (QED) is 0.739. The van der Waals surface area contributed by atoms with Gasteiger partial charge in [-0.1, -0.05) is 0 Å². The van der Waals surface area contributed by atoms with Crippen LogP contribution in [0.25, 0.3) is 0 Å². The number of amides is 1. The summed E-state index contributed by atoms with van der Waals surface area (Å²) < 4.78 is 5.22. The first-order chi connectivity index (χ1) is 8.90. The van der Waals surface area contributed by atoms with Crippen LogP contribution in [0.1, 0.15) is 52.9 Å². The molecule has 4 aliphatic rings. The second-order valence-electron chi connectivity index (χ2n) is 7.45. The van der Waals surface area contributed by atoms with Gasteiger partial charge in [0, 0.05) is 5.71 Å². The lowest BCUT2D eigenvalue weighted by Crippen LogP contribution is -2.46. The van der Waals surface area contributed by atoms with Crippen molar-refractivity contribution in [1.29, 1.82) is 0 Å². The average Bonchev–Trinajstić information content (AvgIpc) is 2.24. The third kappa shape index (κ3) is 2.77. The summed E-state index contributed by atoms with van der Waals surface area (Å²) in [6.45, 7) is 5.59. The number of hydrogen-bond donors (Lipinski definition) is 1. The minimum atomic E-state index is -0.464. The van der Waals surface area contributed by atoms with E-state index < -0.39 is 11.7 Å². The molecule has 0 aromatic heterocycles. The van der Waals surface area contributed by atoms with Crippen LogP contribution in [0.3, 0.4) is 0 Å². The molecule has 0 atom stereocenters. The lowest BCUT2D eigenvalue weighted by molar-refractivity contribution is 0.0525. The van der Waals surface area contributed by atoms with E-state index in [1.54, 1.807) is 0 Å². The van der Waals surface area contributed by atoms with E-state index in [4.69, 9.17) is 4.74 Å². The monoisotopic (exact) mass is 264 g/mol. The number of nitrogens with zero attached hydrogens (tertiary/aromatic N) is 1. The molecule has 1 amide bonds. The highest BCUT2D eigenvalue weighted by molar-refractivity contribution is 5.91. The number of hydrazone groups is 1. The third-order valence-corrected chi connectivity index (χ3v) is 4.65. The molecule has 1 N–H and O–H groups in total. The summed E-state index contributed by atoms with van der Waals surface area (Å²) in [5.41, 5.74) is 3.36. The Morgan fingerprint density at radius 2 is 1.63 bits per heavy atom. The molecule has 0 heterocycles. The number of rotatable bonds is 1. The summed E-state index contributed by atoms with van der Waals surface area (Å²) in [5.74, 6) is 3.07. The molecule has 0 aliphatic heterocycles. The topological polar surface area (TPSA) is 50.7 Å². The minimum Gasteiger partial charge on any atom is -0.443 e. The molecule has 0 aromatic carbocycles. The molecule has 4 rings (SSSR count). The maximum atomic E-state index is 11.7. The Kier molecular flexibility index (Phi) is 3.06. The number of hydrogen-bond acceptors (Lipinski definition) is 3. The Morgan fingerprint density at radius 1 is 1.11 bits per heavy atom. The molecule has 4 saturated carbocycles. The van der Waals surface area contributed by atoms with Crippen LogP contribution in [0.5, 0.6) is 0 Å². The standard InChI is InChI=1S/C15H24N2O2/c1-15(2,3)19-14(18)17-16-13-11-5-9-4-10(7-11)8-12(13)6-9/h9-12H,4-8H2,1-3H3,(H,17,18). The van der Waals surface area contributed by atoms with Gasteiger partial charge >= 0.3 is 6.09 Å². The molecule has 4 bridgehead atoms. The van der Waals surface area contributed by atoms with Gasteiger partial charge in [-0.05, 0) is 76.5 Å². The zero-order chi connectivity index (χ0) is 13.6. The van der Waals surface area contributed by atoms with Crippen LogP contribution in [0.2, 0.25) is 0 Å². The molecule has 0 saturated heterocycles. The molecule has 4 aliphatic carbocycles. The maximum Gasteiger partial charge on any atom is 0.428 e. The summed E-state index contributed by atoms with van der Waals surface area (Å²) in [6, 6.07) is 0. The van der Waals surface area contributed by atoms with E-state index in [1.807, 2.05) is 20.8 Å². The van der Waals surface area contributed by atoms with Crippen molar-refractivity contribution >= 4 is 11.8 Å². The summed E-state index contributed by atoms with van der Waals surface area (Å²) in [5, 5.41) is 4.40. The van der Waals surface area contributed by atoms with Gasteiger partial charge in [-0.15, -0.1) is 0 Å². The average molecular weight is 264 g/mol. The highest BCUT2D eigenvalue weighted by atomic mass is 16.6. The fourth-order valence-corrected chi connectivity index (χ4v) is 4.26. The Hall–Kier alpha value is -1.06. The summed E-state index contributed by atoms with van der Waals surface area (Å²) in [7, 11) is 0. The smallest absolute Gasteiger partial charge is 0.428 e. The van der Waals surface area contributed by atoms with Crippen LogP contribution < -0.4 is 5.43 Å². The van der Waals surface area contributed by atoms with Crippen LogP contribution in [-0.4, -0.2) is 17.4 Å². The summed E-state index contributed by atoms with van der Waals surface area (Å²) in [4.78, 5) is 11.7. The molecular formula is C15H24N2O2. The molecule has 106 valence electrons. The Bertz CT molecular complexity index is 379. The van der Waals surface area contributed by atoms with E-state index >= 15 is 0 Å². The van der Waals surface area contributed by atoms with Crippen molar-refractivity contribution in [2.45, 2.75) is 58.5 Å². The highest BCUT2D eigenvalue weighted by Gasteiger charge is 2.46. The zero-order valence-corrected chi connectivity index (χ0v) is 12.1. The predicted octanol–water partition coefficient (Wildman–Crippen LogP) is 3.32. The van der Waals surface area contributed by atoms with Crippen molar-refractivity contribution in [3.63, 3.8) is 0 Å². The lowest BCUT2D eigenvalue weighted by atomic mass is 9.55. The Balaban J connectivity index is 1.63. The molecule has 0 spiro atoms. The van der Waals surface area contributed by atoms with E-state index in [9.17, 15) is 4.79 Å². The number of nitrogens with one attached hydrogen (secondary N) is 1. The normalized spacial score (nSPS) is 36.3. The van der Waals surface area contributed by atoms with Crippen LogP contribution in [-0.2, 0) is 4.74 Å². The molecule has 0 unspecified atom stereocenters. The van der Waals surface area contributed by atoms with Crippen molar-refractivity contribution in [2.75, 3.05) is 0 Å². The van der Waals surface area contributed by atoms with Crippen LogP contribution in [0.4, 0.5) is 4.79 Å². The van der Waals surface area contributed by atoms with Crippen molar-refractivity contribution < 1.29 is 9.53 Å². The Morgan fingerprint density at radius 3 is 2.11 bits per heavy atom. The van der Waals surface area contributed by atoms with E-state index in [-0.39, 0.29) is 0 Å². The first-order valence-electron chi connectivity index (χ1n) is 7.47. The van der Waals surface area contributed by atoms with Crippen molar-refractivity contribution in [3.05, 3.63) is 0 Å². The molecular weight excluding hydrogens is 240 g/mol. The van der Waals surface area contributed by atoms with Crippen molar-refractivity contribution in [3.8, 4) is 0 Å². The van der Waals surface area contributed by atoms with Gasteiger partial charge in [0.05, 0.1) is 0 Å². The van der Waals surface area contributed by atoms with Gasteiger partial charge in [0.1, 0.15) is 5.60 Å². The van der Waals surface area contributed by atoms with Gasteiger partial charge in [0.2, 0.25) is 0 Å². The molecule has 0 aromatic rings. The van der Waals surface area contributed by atoms with Gasteiger partial charge in [-0.3, -0.25) is 0 Å². The highest BCUT2D eigenvalue weighted by Crippen LogP contribution is 2.52. The molecule has 0 radical (unpaired) electrons. The van der Waals surface area contributed by atoms with E-state index in [1.165, 1.54) is 37.8 Å². The van der Waals surface area contributed by atoms with Crippen LogP contribution >= 0.6 is 0 Å². The SMILES string of the molecule is CC(C)(C)OC(=O)NN=C1C2CC3CC(C2)CC1C3. The van der Waals surface area contributed by atoms with E-state index in [0.717, 1.165) is 11.8 Å². The third-order valence-electron chi connectivity index (χ3n) is 4.65. The number of carbonyl (C=O) groups excluding carboxylic acids is 1.